The van der Waals surface area contributed by atoms with Crippen LogP contribution in [0.4, 0.5) is 0 Å². The number of benzene rings is 2. The molecule has 0 saturated heterocycles. The maximum atomic E-state index is 6.15. The van der Waals surface area contributed by atoms with Crippen LogP contribution < -0.4 is 14.2 Å². The van der Waals surface area contributed by atoms with Crippen LogP contribution in [0.1, 0.15) is 47.5 Å². The van der Waals surface area contributed by atoms with E-state index >= 15 is 0 Å². The second kappa shape index (κ2) is 11.5. The van der Waals surface area contributed by atoms with Gasteiger partial charge >= 0.3 is 6.01 Å². The number of ether oxygens (including phenoxy) is 3. The number of rotatable bonds is 11. The van der Waals surface area contributed by atoms with Gasteiger partial charge in [-0.1, -0.05) is 32.3 Å². The molecule has 0 aliphatic rings. The molecule has 0 amide bonds. The van der Waals surface area contributed by atoms with E-state index in [-0.39, 0.29) is 6.10 Å². The quantitative estimate of drug-likeness (QED) is 0.357. The van der Waals surface area contributed by atoms with Crippen molar-refractivity contribution in [2.24, 2.45) is 5.92 Å². The number of nitrogens with zero attached hydrogens (tertiary/aromatic N) is 3. The Labute approximate surface area is 191 Å². The first-order chi connectivity index (χ1) is 15.6. The molecule has 0 N–H and O–H groups in total. The molecular formula is C26H33N3O3. The molecule has 1 aromatic heterocycles. The van der Waals surface area contributed by atoms with Gasteiger partial charge in [-0.2, -0.15) is 4.98 Å². The third-order valence-electron chi connectivity index (χ3n) is 5.48. The Morgan fingerprint density at radius 3 is 1.69 bits per heavy atom. The summed E-state index contributed by atoms with van der Waals surface area (Å²) in [5, 5.41) is 8.83. The molecule has 2 atom stereocenters. The van der Waals surface area contributed by atoms with E-state index in [1.165, 1.54) is 0 Å². The molecule has 6 nitrogen and oxygen atoms in total. The highest BCUT2D eigenvalue weighted by Crippen LogP contribution is 2.32. The summed E-state index contributed by atoms with van der Waals surface area (Å²) in [5.74, 6) is 2.04. The van der Waals surface area contributed by atoms with Gasteiger partial charge in [0.05, 0.1) is 13.2 Å². The fraction of sp³-hybridized carbons (Fsp3) is 0.423. The first kappa shape index (κ1) is 23.5. The molecule has 0 spiro atoms. The highest BCUT2D eigenvalue weighted by Gasteiger charge is 2.20. The highest BCUT2D eigenvalue weighted by atomic mass is 16.5. The normalized spacial score (nSPS) is 12.8. The largest absolute Gasteiger partial charge is 0.494 e. The Morgan fingerprint density at radius 2 is 1.22 bits per heavy atom. The summed E-state index contributed by atoms with van der Waals surface area (Å²) in [6, 6.07) is 16.0. The van der Waals surface area contributed by atoms with Crippen LogP contribution in [0.25, 0.3) is 22.5 Å². The van der Waals surface area contributed by atoms with E-state index in [1.807, 2.05) is 62.4 Å². The lowest BCUT2D eigenvalue weighted by Crippen LogP contribution is -2.25. The molecule has 1 heterocycles. The topological polar surface area (TPSA) is 66.4 Å². The van der Waals surface area contributed by atoms with Crippen molar-refractivity contribution in [2.75, 3.05) is 13.2 Å². The fourth-order valence-corrected chi connectivity index (χ4v) is 3.51. The van der Waals surface area contributed by atoms with Gasteiger partial charge in [0.15, 0.2) is 0 Å². The Kier molecular flexibility index (Phi) is 8.42. The monoisotopic (exact) mass is 435 g/mol. The van der Waals surface area contributed by atoms with Gasteiger partial charge in [0.1, 0.15) is 29.0 Å². The lowest BCUT2D eigenvalue weighted by Gasteiger charge is -2.22. The minimum atomic E-state index is 0.0475. The summed E-state index contributed by atoms with van der Waals surface area (Å²) in [6.07, 6.45) is 1.96. The van der Waals surface area contributed by atoms with Gasteiger partial charge in [0.25, 0.3) is 0 Å². The van der Waals surface area contributed by atoms with Gasteiger partial charge in [-0.05, 0) is 74.7 Å². The Balaban J connectivity index is 2.01. The van der Waals surface area contributed by atoms with Crippen molar-refractivity contribution in [3.63, 3.8) is 0 Å². The van der Waals surface area contributed by atoms with E-state index in [2.05, 4.69) is 31.0 Å². The van der Waals surface area contributed by atoms with Crippen molar-refractivity contribution < 1.29 is 14.2 Å². The third kappa shape index (κ3) is 5.75. The standard InChI is InChI=1S/C26H33N3O3/c1-6-18(5)23(7-2)32-26-27-24(19-10-14-21(15-11-19)30-8-3)25(28-29-26)20-12-16-22(17-13-20)31-9-4/h10-18,23H,6-9H2,1-5H3. The Morgan fingerprint density at radius 1 is 0.688 bits per heavy atom. The highest BCUT2D eigenvalue weighted by molar-refractivity contribution is 5.78. The van der Waals surface area contributed by atoms with Crippen LogP contribution in [0, 0.1) is 5.92 Å². The number of aromatic nitrogens is 3. The molecule has 0 bridgehead atoms. The van der Waals surface area contributed by atoms with Crippen molar-refractivity contribution in [3.05, 3.63) is 48.5 Å². The lowest BCUT2D eigenvalue weighted by atomic mass is 10.00. The van der Waals surface area contributed by atoms with Crippen molar-refractivity contribution in [2.45, 2.75) is 53.6 Å². The van der Waals surface area contributed by atoms with Crippen LogP contribution in [0.5, 0.6) is 17.5 Å². The molecule has 6 heteroatoms. The van der Waals surface area contributed by atoms with Gasteiger partial charge in [0.2, 0.25) is 0 Å². The van der Waals surface area contributed by atoms with E-state index in [9.17, 15) is 0 Å². The fourth-order valence-electron chi connectivity index (χ4n) is 3.51. The molecule has 2 unspecified atom stereocenters. The Bertz CT molecular complexity index is 975. The molecule has 0 aliphatic heterocycles. The van der Waals surface area contributed by atoms with Crippen LogP contribution in [0.2, 0.25) is 0 Å². The summed E-state index contributed by atoms with van der Waals surface area (Å²) in [6.45, 7) is 11.6. The van der Waals surface area contributed by atoms with Crippen molar-refractivity contribution >= 4 is 0 Å². The van der Waals surface area contributed by atoms with Crippen LogP contribution in [-0.4, -0.2) is 34.5 Å². The van der Waals surface area contributed by atoms with Gasteiger partial charge in [-0.15, -0.1) is 5.10 Å². The summed E-state index contributed by atoms with van der Waals surface area (Å²) in [4.78, 5) is 4.79. The van der Waals surface area contributed by atoms with Crippen LogP contribution >= 0.6 is 0 Å². The third-order valence-corrected chi connectivity index (χ3v) is 5.48. The average molecular weight is 436 g/mol. The molecule has 170 valence electrons. The van der Waals surface area contributed by atoms with Crippen LogP contribution in [-0.2, 0) is 0 Å². The zero-order chi connectivity index (χ0) is 22.9. The molecule has 3 aromatic rings. The maximum absolute atomic E-state index is 6.15. The predicted octanol–water partition coefficient (Wildman–Crippen LogP) is 6.21. The Hall–Kier alpha value is -3.15. The van der Waals surface area contributed by atoms with Gasteiger partial charge in [0, 0.05) is 11.1 Å². The predicted molar refractivity (Wildman–Crippen MR) is 127 cm³/mol. The maximum Gasteiger partial charge on any atom is 0.336 e. The second-order valence-corrected chi connectivity index (χ2v) is 7.66. The van der Waals surface area contributed by atoms with Gasteiger partial charge in [-0.25, -0.2) is 0 Å². The summed E-state index contributed by atoms with van der Waals surface area (Å²) in [7, 11) is 0. The second-order valence-electron chi connectivity index (χ2n) is 7.66. The lowest BCUT2D eigenvalue weighted by molar-refractivity contribution is 0.122. The van der Waals surface area contributed by atoms with E-state index in [1.54, 1.807) is 0 Å². The van der Waals surface area contributed by atoms with Crippen molar-refractivity contribution in [3.8, 4) is 40.0 Å². The molecule has 2 aromatic carbocycles. The molecule has 0 aliphatic carbocycles. The van der Waals surface area contributed by atoms with Crippen molar-refractivity contribution in [1.29, 1.82) is 0 Å². The molecular weight excluding hydrogens is 402 g/mol. The smallest absolute Gasteiger partial charge is 0.336 e. The molecule has 0 radical (unpaired) electrons. The van der Waals surface area contributed by atoms with E-state index in [0.29, 0.717) is 30.8 Å². The summed E-state index contributed by atoms with van der Waals surface area (Å²) in [5.41, 5.74) is 3.26. The minimum Gasteiger partial charge on any atom is -0.494 e. The number of hydrogen-bond acceptors (Lipinski definition) is 6. The summed E-state index contributed by atoms with van der Waals surface area (Å²) >= 11 is 0. The molecule has 3 rings (SSSR count). The first-order valence-electron chi connectivity index (χ1n) is 11.5. The van der Waals surface area contributed by atoms with E-state index in [4.69, 9.17) is 19.2 Å². The van der Waals surface area contributed by atoms with E-state index < -0.39 is 0 Å². The zero-order valence-corrected chi connectivity index (χ0v) is 19.7. The number of hydrogen-bond donors (Lipinski definition) is 0. The summed E-state index contributed by atoms with van der Waals surface area (Å²) < 4.78 is 17.3. The molecule has 0 fully saturated rings. The van der Waals surface area contributed by atoms with Crippen LogP contribution in [0.3, 0.4) is 0 Å². The zero-order valence-electron chi connectivity index (χ0n) is 19.7. The minimum absolute atomic E-state index is 0.0475. The van der Waals surface area contributed by atoms with Crippen molar-refractivity contribution in [1.82, 2.24) is 15.2 Å². The van der Waals surface area contributed by atoms with Gasteiger partial charge in [-0.3, -0.25) is 0 Å². The SMILES string of the molecule is CCOc1ccc(-c2nnc(OC(CC)C(C)CC)nc2-c2ccc(OCC)cc2)cc1. The molecule has 32 heavy (non-hydrogen) atoms. The first-order valence-corrected chi connectivity index (χ1v) is 11.5. The molecule has 0 saturated carbocycles. The average Bonchev–Trinajstić information content (AvgIpc) is 2.83. The van der Waals surface area contributed by atoms with E-state index in [0.717, 1.165) is 41.2 Å². The van der Waals surface area contributed by atoms with Gasteiger partial charge < -0.3 is 14.2 Å². The van der Waals surface area contributed by atoms with Crippen LogP contribution in [0.15, 0.2) is 48.5 Å².